The van der Waals surface area contributed by atoms with Crippen LogP contribution in [0, 0.1) is 12.8 Å². The highest BCUT2D eigenvalue weighted by Crippen LogP contribution is 2.24. The summed E-state index contributed by atoms with van der Waals surface area (Å²) in [6, 6.07) is 12.1. The zero-order chi connectivity index (χ0) is 23.3. The van der Waals surface area contributed by atoms with Crippen molar-refractivity contribution in [1.82, 2.24) is 10.2 Å². The summed E-state index contributed by atoms with van der Waals surface area (Å²) in [6.45, 7) is 13.3. The van der Waals surface area contributed by atoms with Crippen LogP contribution in [-0.2, 0) is 4.79 Å². The third kappa shape index (κ3) is 6.02. The molecule has 3 rings (SSSR count). The maximum atomic E-state index is 13.0. The number of anilines is 2. The third-order valence-electron chi connectivity index (χ3n) is 5.99. The first-order valence-corrected chi connectivity index (χ1v) is 11.6. The zero-order valence-corrected chi connectivity index (χ0v) is 20.1. The Morgan fingerprint density at radius 1 is 1.03 bits per heavy atom. The van der Waals surface area contributed by atoms with Crippen molar-refractivity contribution in [2.75, 3.05) is 42.9 Å². The van der Waals surface area contributed by atoms with Gasteiger partial charge in [0.15, 0.2) is 0 Å². The van der Waals surface area contributed by atoms with Crippen molar-refractivity contribution in [2.24, 2.45) is 5.92 Å². The standard InChI is InChI=1S/C25H33ClN4O2/c1-5-29-12-14-30(15-13-29)21-10-11-22(18(4)16-21)27-25(32)23(17(2)3)28-24(31)19-6-8-20(26)9-7-19/h6-11,16-17,23H,5,12-15H2,1-4H3,(H,27,32)(H,28,31). The van der Waals surface area contributed by atoms with E-state index in [0.29, 0.717) is 10.6 Å². The highest BCUT2D eigenvalue weighted by atomic mass is 35.5. The van der Waals surface area contributed by atoms with Crippen LogP contribution >= 0.6 is 11.6 Å². The number of hydrogen-bond donors (Lipinski definition) is 2. The lowest BCUT2D eigenvalue weighted by molar-refractivity contribution is -0.118. The van der Waals surface area contributed by atoms with Crippen LogP contribution in [0.3, 0.4) is 0 Å². The second-order valence-electron chi connectivity index (χ2n) is 8.61. The van der Waals surface area contributed by atoms with Crippen LogP contribution in [0.15, 0.2) is 42.5 Å². The van der Waals surface area contributed by atoms with Crippen molar-refractivity contribution < 1.29 is 9.59 Å². The van der Waals surface area contributed by atoms with Gasteiger partial charge in [-0.3, -0.25) is 9.59 Å². The average molecular weight is 457 g/mol. The van der Waals surface area contributed by atoms with E-state index in [2.05, 4.69) is 39.5 Å². The molecular weight excluding hydrogens is 424 g/mol. The van der Waals surface area contributed by atoms with Gasteiger partial charge in [-0.15, -0.1) is 0 Å². The van der Waals surface area contributed by atoms with E-state index in [1.165, 1.54) is 5.69 Å². The van der Waals surface area contributed by atoms with Gasteiger partial charge in [0.25, 0.3) is 5.91 Å². The van der Waals surface area contributed by atoms with E-state index in [-0.39, 0.29) is 17.7 Å². The molecule has 2 amide bonds. The summed E-state index contributed by atoms with van der Waals surface area (Å²) >= 11 is 5.90. The Kier molecular flexibility index (Phi) is 8.15. The van der Waals surface area contributed by atoms with Gasteiger partial charge in [-0.25, -0.2) is 0 Å². The SMILES string of the molecule is CCN1CCN(c2ccc(NC(=O)C(NC(=O)c3ccc(Cl)cc3)C(C)C)c(C)c2)CC1. The lowest BCUT2D eigenvalue weighted by Crippen LogP contribution is -2.47. The molecule has 2 aromatic carbocycles. The van der Waals surface area contributed by atoms with E-state index >= 15 is 0 Å². The van der Waals surface area contributed by atoms with Gasteiger partial charge in [-0.05, 0) is 67.4 Å². The molecule has 1 atom stereocenters. The lowest BCUT2D eigenvalue weighted by Gasteiger charge is -2.35. The fourth-order valence-electron chi connectivity index (χ4n) is 3.88. The van der Waals surface area contributed by atoms with Crippen molar-refractivity contribution in [1.29, 1.82) is 0 Å². The number of rotatable bonds is 7. The molecule has 1 aliphatic rings. The molecule has 2 aromatic rings. The number of likely N-dealkylation sites (N-methyl/N-ethyl adjacent to an activating group) is 1. The quantitative estimate of drug-likeness (QED) is 0.655. The van der Waals surface area contributed by atoms with E-state index in [0.717, 1.165) is 44.0 Å². The average Bonchev–Trinajstić information content (AvgIpc) is 2.78. The molecule has 0 radical (unpaired) electrons. The number of carbonyl (C=O) groups excluding carboxylic acids is 2. The number of piperazine rings is 1. The maximum absolute atomic E-state index is 13.0. The third-order valence-corrected chi connectivity index (χ3v) is 6.25. The molecule has 1 fully saturated rings. The lowest BCUT2D eigenvalue weighted by atomic mass is 10.0. The minimum atomic E-state index is -0.653. The molecule has 0 saturated carbocycles. The normalized spacial score (nSPS) is 15.5. The summed E-state index contributed by atoms with van der Waals surface area (Å²) in [4.78, 5) is 30.5. The van der Waals surface area contributed by atoms with Crippen molar-refractivity contribution in [2.45, 2.75) is 33.7 Å². The van der Waals surface area contributed by atoms with Crippen molar-refractivity contribution in [3.63, 3.8) is 0 Å². The summed E-state index contributed by atoms with van der Waals surface area (Å²) in [5.41, 5.74) is 3.40. The van der Waals surface area contributed by atoms with Gasteiger partial charge in [0.2, 0.25) is 5.91 Å². The molecule has 1 aliphatic heterocycles. The monoisotopic (exact) mass is 456 g/mol. The Labute approximate surface area is 195 Å². The summed E-state index contributed by atoms with van der Waals surface area (Å²) in [5.74, 6) is -0.593. The molecule has 1 unspecified atom stereocenters. The molecule has 0 spiro atoms. The van der Waals surface area contributed by atoms with Crippen LogP contribution in [0.4, 0.5) is 11.4 Å². The Hall–Kier alpha value is -2.57. The first-order valence-electron chi connectivity index (χ1n) is 11.2. The number of nitrogens with one attached hydrogen (secondary N) is 2. The molecule has 0 aromatic heterocycles. The molecule has 7 heteroatoms. The molecule has 32 heavy (non-hydrogen) atoms. The first-order chi connectivity index (χ1) is 15.3. The zero-order valence-electron chi connectivity index (χ0n) is 19.3. The minimum absolute atomic E-state index is 0.0688. The van der Waals surface area contributed by atoms with Crippen LogP contribution in [0.1, 0.15) is 36.7 Å². The first kappa shape index (κ1) is 24.1. The molecule has 6 nitrogen and oxygen atoms in total. The Morgan fingerprint density at radius 3 is 2.25 bits per heavy atom. The minimum Gasteiger partial charge on any atom is -0.369 e. The summed E-state index contributed by atoms with van der Waals surface area (Å²) in [6.07, 6.45) is 0. The molecule has 172 valence electrons. The molecule has 0 aliphatic carbocycles. The van der Waals surface area contributed by atoms with Crippen LogP contribution in [0.5, 0.6) is 0 Å². The number of hydrogen-bond acceptors (Lipinski definition) is 4. The van der Waals surface area contributed by atoms with Crippen LogP contribution in [0.25, 0.3) is 0 Å². The summed E-state index contributed by atoms with van der Waals surface area (Å²) < 4.78 is 0. The van der Waals surface area contributed by atoms with Crippen LogP contribution in [0.2, 0.25) is 5.02 Å². The molecular formula is C25H33ClN4O2. The molecule has 1 heterocycles. The van der Waals surface area contributed by atoms with Crippen LogP contribution < -0.4 is 15.5 Å². The van der Waals surface area contributed by atoms with Gasteiger partial charge in [0.1, 0.15) is 6.04 Å². The van der Waals surface area contributed by atoms with E-state index in [9.17, 15) is 9.59 Å². The van der Waals surface area contributed by atoms with E-state index in [1.807, 2.05) is 26.8 Å². The van der Waals surface area contributed by atoms with Crippen LogP contribution in [-0.4, -0.2) is 55.5 Å². The van der Waals surface area contributed by atoms with Gasteiger partial charge in [0.05, 0.1) is 0 Å². The van der Waals surface area contributed by atoms with Gasteiger partial charge < -0.3 is 20.4 Å². The largest absolute Gasteiger partial charge is 0.369 e. The Morgan fingerprint density at radius 2 is 1.69 bits per heavy atom. The van der Waals surface area contributed by atoms with Gasteiger partial charge in [-0.1, -0.05) is 32.4 Å². The number of benzene rings is 2. The maximum Gasteiger partial charge on any atom is 0.251 e. The van der Waals surface area contributed by atoms with Gasteiger partial charge >= 0.3 is 0 Å². The molecule has 0 bridgehead atoms. The van der Waals surface area contributed by atoms with Crippen molar-refractivity contribution in [3.05, 3.63) is 58.6 Å². The predicted molar refractivity (Wildman–Crippen MR) is 132 cm³/mol. The fraction of sp³-hybridized carbons (Fsp3) is 0.440. The number of halogens is 1. The van der Waals surface area contributed by atoms with E-state index in [4.69, 9.17) is 11.6 Å². The Bertz CT molecular complexity index is 937. The predicted octanol–water partition coefficient (Wildman–Crippen LogP) is 4.18. The van der Waals surface area contributed by atoms with Crippen molar-refractivity contribution in [3.8, 4) is 0 Å². The fourth-order valence-corrected chi connectivity index (χ4v) is 4.00. The van der Waals surface area contributed by atoms with Gasteiger partial charge in [-0.2, -0.15) is 0 Å². The number of aryl methyl sites for hydroxylation is 1. The highest BCUT2D eigenvalue weighted by Gasteiger charge is 2.25. The summed E-state index contributed by atoms with van der Waals surface area (Å²) in [7, 11) is 0. The van der Waals surface area contributed by atoms with Crippen molar-refractivity contribution >= 4 is 34.8 Å². The second-order valence-corrected chi connectivity index (χ2v) is 9.05. The van der Waals surface area contributed by atoms with E-state index < -0.39 is 6.04 Å². The van der Waals surface area contributed by atoms with Gasteiger partial charge in [0, 0.05) is 48.1 Å². The second kappa shape index (κ2) is 10.8. The highest BCUT2D eigenvalue weighted by molar-refractivity contribution is 6.30. The summed E-state index contributed by atoms with van der Waals surface area (Å²) in [5, 5.41) is 6.42. The smallest absolute Gasteiger partial charge is 0.251 e. The Balaban J connectivity index is 1.66. The molecule has 1 saturated heterocycles. The topological polar surface area (TPSA) is 64.7 Å². The van der Waals surface area contributed by atoms with E-state index in [1.54, 1.807) is 24.3 Å². The number of carbonyl (C=O) groups is 2. The molecule has 2 N–H and O–H groups in total. The number of nitrogens with zero attached hydrogens (tertiary/aromatic N) is 2. The number of amides is 2.